The van der Waals surface area contributed by atoms with Crippen molar-refractivity contribution in [1.29, 1.82) is 0 Å². The van der Waals surface area contributed by atoms with E-state index in [1.54, 1.807) is 21.1 Å². The fraction of sp³-hybridized carbons (Fsp3) is 0.634. The number of esters is 2. The van der Waals surface area contributed by atoms with Gasteiger partial charge in [-0.05, 0) is 64.2 Å². The highest BCUT2D eigenvalue weighted by Crippen LogP contribution is 2.10. The number of hydrogen-bond acceptors (Lipinski definition) is 7. The summed E-state index contributed by atoms with van der Waals surface area (Å²) in [5, 5.41) is 11.6. The van der Waals surface area contributed by atoms with Crippen molar-refractivity contribution in [1.82, 2.24) is 0 Å². The molecule has 0 spiro atoms. The minimum atomic E-state index is -1.14. The Morgan fingerprint density at radius 1 is 0.633 bits per heavy atom. The summed E-state index contributed by atoms with van der Waals surface area (Å²) >= 11 is 0. The molecule has 0 N–H and O–H groups in total. The molecule has 0 rings (SSSR count). The van der Waals surface area contributed by atoms with Crippen LogP contribution < -0.4 is 5.11 Å². The minimum Gasteiger partial charge on any atom is -0.544 e. The van der Waals surface area contributed by atoms with Crippen molar-refractivity contribution in [3.8, 4) is 0 Å². The standard InChI is InChI=1S/C41H67NO7/c1-6-8-10-12-14-16-17-18-19-20-21-22-23-24-26-28-30-32-40(44)49-37(35-47-34-33-38(41(45)46)42(3,4)5)36-48-39(43)31-29-27-25-15-13-11-9-7-2/h8,10,14,16,18-19,21-22,24-27,37-38H,6-7,9,11-13,15,17,20,23,28-36H2,1-5H3/b10-8+,16-14+,19-18+,22-21+,26-24+,27-25+. The molecule has 0 aliphatic heterocycles. The molecule has 0 aliphatic rings. The number of carbonyl (C=O) groups excluding carboxylic acids is 3. The molecular weight excluding hydrogens is 618 g/mol. The normalized spacial score (nSPS) is 13.9. The lowest BCUT2D eigenvalue weighted by Crippen LogP contribution is -2.55. The molecule has 8 heteroatoms. The number of rotatable bonds is 31. The van der Waals surface area contributed by atoms with E-state index in [1.165, 1.54) is 19.3 Å². The van der Waals surface area contributed by atoms with Crippen molar-refractivity contribution in [2.45, 2.75) is 129 Å². The number of quaternary nitrogens is 1. The van der Waals surface area contributed by atoms with E-state index in [2.05, 4.69) is 80.7 Å². The lowest BCUT2D eigenvalue weighted by atomic mass is 10.1. The molecule has 0 bridgehead atoms. The minimum absolute atomic E-state index is 0.00235. The third-order valence-corrected chi connectivity index (χ3v) is 7.59. The van der Waals surface area contributed by atoms with E-state index in [0.29, 0.717) is 12.8 Å². The predicted molar refractivity (Wildman–Crippen MR) is 199 cm³/mol. The summed E-state index contributed by atoms with van der Waals surface area (Å²) in [4.78, 5) is 36.5. The van der Waals surface area contributed by atoms with Gasteiger partial charge in [-0.15, -0.1) is 0 Å². The molecule has 0 radical (unpaired) electrons. The topological polar surface area (TPSA) is 102 Å². The summed E-state index contributed by atoms with van der Waals surface area (Å²) in [6.45, 7) is 4.36. The van der Waals surface area contributed by atoms with Crippen LogP contribution in [0.25, 0.3) is 0 Å². The average Bonchev–Trinajstić information content (AvgIpc) is 3.05. The Kier molecular flexibility index (Phi) is 29.9. The van der Waals surface area contributed by atoms with Gasteiger partial charge in [-0.25, -0.2) is 0 Å². The molecule has 0 aliphatic carbocycles. The van der Waals surface area contributed by atoms with E-state index in [-0.39, 0.29) is 55.5 Å². The molecule has 278 valence electrons. The van der Waals surface area contributed by atoms with Crippen LogP contribution in [0.3, 0.4) is 0 Å². The maximum absolute atomic E-state index is 12.6. The first-order valence-electron chi connectivity index (χ1n) is 18.5. The highest BCUT2D eigenvalue weighted by atomic mass is 16.6. The second-order valence-corrected chi connectivity index (χ2v) is 13.1. The van der Waals surface area contributed by atoms with Crippen molar-refractivity contribution in [3.05, 3.63) is 72.9 Å². The Bertz CT molecular complexity index is 1030. The van der Waals surface area contributed by atoms with Gasteiger partial charge >= 0.3 is 11.9 Å². The number of nitrogens with zero attached hydrogens (tertiary/aromatic N) is 1. The number of allylic oxidation sites excluding steroid dienone is 12. The van der Waals surface area contributed by atoms with Gasteiger partial charge in [0.25, 0.3) is 0 Å². The zero-order valence-corrected chi connectivity index (χ0v) is 31.3. The quantitative estimate of drug-likeness (QED) is 0.0316. The van der Waals surface area contributed by atoms with E-state index >= 15 is 0 Å². The fourth-order valence-electron chi connectivity index (χ4n) is 4.71. The molecule has 0 saturated carbocycles. The van der Waals surface area contributed by atoms with Crippen molar-refractivity contribution in [3.63, 3.8) is 0 Å². The van der Waals surface area contributed by atoms with E-state index in [1.807, 2.05) is 6.08 Å². The highest BCUT2D eigenvalue weighted by molar-refractivity contribution is 5.70. The maximum Gasteiger partial charge on any atom is 0.306 e. The summed E-state index contributed by atoms with van der Waals surface area (Å²) < 4.78 is 16.9. The number of likely N-dealkylation sites (N-methyl/N-ethyl adjacent to an activating group) is 1. The number of ether oxygens (including phenoxy) is 3. The molecule has 0 aromatic heterocycles. The maximum atomic E-state index is 12.6. The molecule has 2 atom stereocenters. The smallest absolute Gasteiger partial charge is 0.306 e. The third-order valence-electron chi connectivity index (χ3n) is 7.59. The van der Waals surface area contributed by atoms with E-state index in [0.717, 1.165) is 51.4 Å². The van der Waals surface area contributed by atoms with Crippen LogP contribution in [0.2, 0.25) is 0 Å². The van der Waals surface area contributed by atoms with Gasteiger partial charge in [0.2, 0.25) is 0 Å². The van der Waals surface area contributed by atoms with Crippen LogP contribution >= 0.6 is 0 Å². The van der Waals surface area contributed by atoms with Crippen LogP contribution in [0.1, 0.15) is 117 Å². The zero-order valence-electron chi connectivity index (χ0n) is 31.3. The number of carbonyl (C=O) groups is 3. The molecule has 0 amide bonds. The largest absolute Gasteiger partial charge is 0.544 e. The van der Waals surface area contributed by atoms with Crippen molar-refractivity contribution >= 4 is 17.9 Å². The number of carboxylic acid groups (broad SMARTS) is 1. The van der Waals surface area contributed by atoms with Crippen LogP contribution in [-0.4, -0.2) is 75.5 Å². The molecule has 0 saturated heterocycles. The summed E-state index contributed by atoms with van der Waals surface area (Å²) in [6, 6.07) is -0.741. The summed E-state index contributed by atoms with van der Waals surface area (Å²) in [5.74, 6) is -1.89. The van der Waals surface area contributed by atoms with Crippen molar-refractivity contribution < 1.29 is 38.2 Å². The zero-order chi connectivity index (χ0) is 36.4. The summed E-state index contributed by atoms with van der Waals surface area (Å²) in [5.41, 5.74) is 0. The van der Waals surface area contributed by atoms with Crippen LogP contribution in [-0.2, 0) is 28.6 Å². The van der Waals surface area contributed by atoms with Gasteiger partial charge in [-0.2, -0.15) is 0 Å². The fourth-order valence-corrected chi connectivity index (χ4v) is 4.71. The second kappa shape index (κ2) is 32.0. The first-order valence-corrected chi connectivity index (χ1v) is 18.5. The molecule has 0 aromatic rings. The van der Waals surface area contributed by atoms with Crippen LogP contribution in [0.15, 0.2) is 72.9 Å². The average molecular weight is 686 g/mol. The predicted octanol–water partition coefficient (Wildman–Crippen LogP) is 7.90. The molecular formula is C41H67NO7. The van der Waals surface area contributed by atoms with Crippen LogP contribution in [0, 0.1) is 0 Å². The number of unbranched alkanes of at least 4 members (excludes halogenated alkanes) is 5. The second-order valence-electron chi connectivity index (χ2n) is 13.1. The molecule has 0 fully saturated rings. The number of hydrogen-bond donors (Lipinski definition) is 0. The lowest BCUT2D eigenvalue weighted by molar-refractivity contribution is -0.889. The summed E-state index contributed by atoms with van der Waals surface area (Å²) in [6.07, 6.45) is 38.2. The van der Waals surface area contributed by atoms with Crippen LogP contribution in [0.4, 0.5) is 0 Å². The Morgan fingerprint density at radius 3 is 1.76 bits per heavy atom. The molecule has 0 heterocycles. The van der Waals surface area contributed by atoms with Gasteiger partial charge in [-0.1, -0.05) is 106 Å². The van der Waals surface area contributed by atoms with E-state index in [4.69, 9.17) is 14.2 Å². The molecule has 2 unspecified atom stereocenters. The van der Waals surface area contributed by atoms with Gasteiger partial charge in [0.1, 0.15) is 12.6 Å². The molecule has 49 heavy (non-hydrogen) atoms. The van der Waals surface area contributed by atoms with Gasteiger partial charge in [0.15, 0.2) is 6.10 Å². The monoisotopic (exact) mass is 685 g/mol. The van der Waals surface area contributed by atoms with E-state index in [9.17, 15) is 19.5 Å². The first kappa shape index (κ1) is 45.8. The van der Waals surface area contributed by atoms with Gasteiger partial charge in [0, 0.05) is 19.3 Å². The summed E-state index contributed by atoms with van der Waals surface area (Å²) in [7, 11) is 5.35. The Labute approximate surface area is 298 Å². The third kappa shape index (κ3) is 30.6. The number of carboxylic acids is 1. The Hall–Kier alpha value is -3.23. The first-order chi connectivity index (χ1) is 23.6. The Morgan fingerprint density at radius 2 is 1.18 bits per heavy atom. The van der Waals surface area contributed by atoms with Crippen molar-refractivity contribution in [2.75, 3.05) is 41.0 Å². The Balaban J connectivity index is 4.57. The number of aliphatic carboxylic acids is 1. The van der Waals surface area contributed by atoms with Crippen LogP contribution in [0.5, 0.6) is 0 Å². The van der Waals surface area contributed by atoms with Gasteiger partial charge < -0.3 is 28.6 Å². The van der Waals surface area contributed by atoms with Gasteiger partial charge in [0.05, 0.1) is 40.3 Å². The van der Waals surface area contributed by atoms with E-state index < -0.39 is 18.1 Å². The molecule has 0 aromatic carbocycles. The SMILES string of the molecule is CC/C=C/C/C=C/C/C=C/C/C=C/C/C=C/CCCC(=O)OC(COCCC(C(=O)[O-])[N+](C)(C)C)COC(=O)CC/C=C/CCCCCC. The lowest BCUT2D eigenvalue weighted by Gasteiger charge is -2.34. The van der Waals surface area contributed by atoms with Gasteiger partial charge in [-0.3, -0.25) is 9.59 Å². The molecule has 8 nitrogen and oxygen atoms in total. The highest BCUT2D eigenvalue weighted by Gasteiger charge is 2.25. The van der Waals surface area contributed by atoms with Crippen molar-refractivity contribution in [2.24, 2.45) is 0 Å².